The van der Waals surface area contributed by atoms with Crippen LogP contribution in [0.15, 0.2) is 0 Å². The fourth-order valence-electron chi connectivity index (χ4n) is 8.52. The molecular weight excluding hydrogens is 292 g/mol. The SMILES string of the molecule is CC(=O)[C@H]1CCC2C3C(C)CC4CC(C)CCC4(C)C3CCC21C. The van der Waals surface area contributed by atoms with Gasteiger partial charge in [-0.25, -0.2) is 0 Å². The van der Waals surface area contributed by atoms with Gasteiger partial charge in [0.1, 0.15) is 5.78 Å². The summed E-state index contributed by atoms with van der Waals surface area (Å²) in [4.78, 5) is 12.3. The van der Waals surface area contributed by atoms with Crippen LogP contribution in [0, 0.1) is 52.3 Å². The van der Waals surface area contributed by atoms with E-state index < -0.39 is 0 Å². The molecule has 4 aliphatic rings. The summed E-state index contributed by atoms with van der Waals surface area (Å²) in [5.41, 5.74) is 0.908. The van der Waals surface area contributed by atoms with Gasteiger partial charge in [-0.05, 0) is 98.2 Å². The number of hydrogen-bond donors (Lipinski definition) is 0. The van der Waals surface area contributed by atoms with Crippen molar-refractivity contribution in [1.29, 1.82) is 0 Å². The van der Waals surface area contributed by atoms with Crippen LogP contribution < -0.4 is 0 Å². The van der Waals surface area contributed by atoms with Gasteiger partial charge >= 0.3 is 0 Å². The van der Waals surface area contributed by atoms with Crippen molar-refractivity contribution in [3.63, 3.8) is 0 Å². The zero-order chi connectivity index (χ0) is 17.3. The summed E-state index contributed by atoms with van der Waals surface area (Å²) in [5, 5.41) is 0. The monoisotopic (exact) mass is 330 g/mol. The van der Waals surface area contributed by atoms with Crippen molar-refractivity contribution < 1.29 is 4.79 Å². The van der Waals surface area contributed by atoms with Gasteiger partial charge in [-0.3, -0.25) is 4.79 Å². The molecule has 4 fully saturated rings. The highest BCUT2D eigenvalue weighted by atomic mass is 16.1. The zero-order valence-corrected chi connectivity index (χ0v) is 16.6. The molecule has 1 heteroatoms. The predicted octanol–water partition coefficient (Wildman–Crippen LogP) is 6.12. The second kappa shape index (κ2) is 5.58. The Morgan fingerprint density at radius 3 is 2.25 bits per heavy atom. The minimum atomic E-state index is 0.312. The summed E-state index contributed by atoms with van der Waals surface area (Å²) in [7, 11) is 0. The summed E-state index contributed by atoms with van der Waals surface area (Å²) in [5.74, 6) is 6.24. The molecule has 1 nitrogen and oxygen atoms in total. The lowest BCUT2D eigenvalue weighted by Gasteiger charge is -2.63. The molecule has 0 heterocycles. The Balaban J connectivity index is 1.66. The molecule has 9 atom stereocenters. The first-order valence-corrected chi connectivity index (χ1v) is 10.8. The Morgan fingerprint density at radius 1 is 0.875 bits per heavy atom. The topological polar surface area (TPSA) is 17.1 Å². The third kappa shape index (κ3) is 2.21. The molecule has 0 aromatic heterocycles. The lowest BCUT2D eigenvalue weighted by molar-refractivity contribution is -0.146. The number of hydrogen-bond acceptors (Lipinski definition) is 1. The zero-order valence-electron chi connectivity index (χ0n) is 16.6. The number of Topliss-reactive ketones (excluding diaryl/α,β-unsaturated/α-hetero) is 1. The van der Waals surface area contributed by atoms with E-state index in [1.807, 2.05) is 6.92 Å². The number of carbonyl (C=O) groups is 1. The molecule has 136 valence electrons. The van der Waals surface area contributed by atoms with E-state index in [9.17, 15) is 4.79 Å². The van der Waals surface area contributed by atoms with Crippen molar-refractivity contribution >= 4 is 5.78 Å². The van der Waals surface area contributed by atoms with E-state index in [1.165, 1.54) is 51.4 Å². The first-order valence-electron chi connectivity index (χ1n) is 10.8. The molecule has 4 rings (SSSR count). The van der Waals surface area contributed by atoms with Crippen LogP contribution in [0.5, 0.6) is 0 Å². The molecule has 4 saturated carbocycles. The van der Waals surface area contributed by atoms with Gasteiger partial charge in [0, 0.05) is 5.92 Å². The van der Waals surface area contributed by atoms with Gasteiger partial charge in [0.15, 0.2) is 0 Å². The minimum absolute atomic E-state index is 0.312. The predicted molar refractivity (Wildman–Crippen MR) is 99.6 cm³/mol. The van der Waals surface area contributed by atoms with E-state index in [2.05, 4.69) is 27.7 Å². The number of rotatable bonds is 1. The normalized spacial score (nSPS) is 57.0. The third-order valence-corrected chi connectivity index (χ3v) is 9.78. The van der Waals surface area contributed by atoms with Crippen LogP contribution in [0.3, 0.4) is 0 Å². The van der Waals surface area contributed by atoms with Crippen LogP contribution in [0.25, 0.3) is 0 Å². The number of carbonyl (C=O) groups excluding carboxylic acids is 1. The summed E-state index contributed by atoms with van der Waals surface area (Å²) in [6.07, 6.45) is 11.0. The summed E-state index contributed by atoms with van der Waals surface area (Å²) >= 11 is 0. The fraction of sp³-hybridized carbons (Fsp3) is 0.957. The lowest BCUT2D eigenvalue weighted by atomic mass is 9.42. The quantitative estimate of drug-likeness (QED) is 0.566. The maximum absolute atomic E-state index is 12.3. The Morgan fingerprint density at radius 2 is 1.54 bits per heavy atom. The van der Waals surface area contributed by atoms with Crippen molar-refractivity contribution in [2.75, 3.05) is 0 Å². The van der Waals surface area contributed by atoms with Crippen molar-refractivity contribution in [2.45, 2.75) is 86.0 Å². The van der Waals surface area contributed by atoms with Gasteiger partial charge < -0.3 is 0 Å². The molecule has 0 saturated heterocycles. The second-order valence-corrected chi connectivity index (χ2v) is 10.9. The highest BCUT2D eigenvalue weighted by Crippen LogP contribution is 2.68. The number of ketones is 1. The van der Waals surface area contributed by atoms with E-state index in [0.717, 1.165) is 35.5 Å². The Hall–Kier alpha value is -0.330. The Kier molecular flexibility index (Phi) is 3.98. The molecule has 8 unspecified atom stereocenters. The van der Waals surface area contributed by atoms with E-state index >= 15 is 0 Å². The van der Waals surface area contributed by atoms with Gasteiger partial charge in [-0.15, -0.1) is 0 Å². The first-order chi connectivity index (χ1) is 11.3. The fourth-order valence-corrected chi connectivity index (χ4v) is 8.52. The summed E-state index contributed by atoms with van der Waals surface area (Å²) in [6.45, 7) is 12.0. The first kappa shape index (κ1) is 17.1. The second-order valence-electron chi connectivity index (χ2n) is 10.9. The average molecular weight is 331 g/mol. The van der Waals surface area contributed by atoms with Crippen molar-refractivity contribution in [3.05, 3.63) is 0 Å². The highest BCUT2D eigenvalue weighted by Gasteiger charge is 2.62. The molecule has 0 amide bonds. The number of fused-ring (bicyclic) bond motifs is 5. The van der Waals surface area contributed by atoms with Crippen LogP contribution >= 0.6 is 0 Å². The van der Waals surface area contributed by atoms with E-state index in [0.29, 0.717) is 22.5 Å². The largest absolute Gasteiger partial charge is 0.300 e. The van der Waals surface area contributed by atoms with Crippen molar-refractivity contribution in [2.24, 2.45) is 52.3 Å². The van der Waals surface area contributed by atoms with Gasteiger partial charge in [0.05, 0.1) is 0 Å². The molecule has 0 N–H and O–H groups in total. The molecule has 0 spiro atoms. The van der Waals surface area contributed by atoms with Gasteiger partial charge in [0.25, 0.3) is 0 Å². The van der Waals surface area contributed by atoms with Crippen LogP contribution in [0.4, 0.5) is 0 Å². The van der Waals surface area contributed by atoms with Gasteiger partial charge in [-0.2, -0.15) is 0 Å². The van der Waals surface area contributed by atoms with E-state index in [1.54, 1.807) is 0 Å². The van der Waals surface area contributed by atoms with E-state index in [4.69, 9.17) is 0 Å². The van der Waals surface area contributed by atoms with Crippen LogP contribution in [0.1, 0.15) is 86.0 Å². The Bertz CT molecular complexity index is 524. The molecule has 0 aromatic rings. The van der Waals surface area contributed by atoms with Crippen molar-refractivity contribution in [3.8, 4) is 0 Å². The molecule has 0 bridgehead atoms. The smallest absolute Gasteiger partial charge is 0.133 e. The maximum Gasteiger partial charge on any atom is 0.133 e. The third-order valence-electron chi connectivity index (χ3n) is 9.78. The average Bonchev–Trinajstić information content (AvgIpc) is 2.86. The van der Waals surface area contributed by atoms with Crippen LogP contribution in [0.2, 0.25) is 0 Å². The molecular formula is C23H38O. The summed E-state index contributed by atoms with van der Waals surface area (Å²) in [6, 6.07) is 0. The maximum atomic E-state index is 12.3. The molecule has 0 radical (unpaired) electrons. The van der Waals surface area contributed by atoms with E-state index in [-0.39, 0.29) is 0 Å². The molecule has 4 aliphatic carbocycles. The van der Waals surface area contributed by atoms with Crippen molar-refractivity contribution in [1.82, 2.24) is 0 Å². The lowest BCUT2D eigenvalue weighted by Crippen LogP contribution is -2.56. The van der Waals surface area contributed by atoms with Crippen LogP contribution in [-0.4, -0.2) is 5.78 Å². The highest BCUT2D eigenvalue weighted by molar-refractivity contribution is 5.79. The summed E-state index contributed by atoms with van der Waals surface area (Å²) < 4.78 is 0. The molecule has 0 aromatic carbocycles. The van der Waals surface area contributed by atoms with Gasteiger partial charge in [0.2, 0.25) is 0 Å². The van der Waals surface area contributed by atoms with Crippen LogP contribution in [-0.2, 0) is 4.79 Å². The molecule has 24 heavy (non-hydrogen) atoms. The Labute approximate surface area is 149 Å². The minimum Gasteiger partial charge on any atom is -0.300 e. The molecule has 0 aliphatic heterocycles. The van der Waals surface area contributed by atoms with Gasteiger partial charge in [-0.1, -0.05) is 34.1 Å². The standard InChI is InChI=1S/C23H38O/c1-14-8-10-22(4)17(12-14)13-15(2)21-19-7-6-18(16(3)24)23(19,5)11-9-20(21)22/h14-15,17-21H,6-13H2,1-5H3/t14?,15?,17?,18-,19?,20?,21?,22?,23?/m1/s1.